The van der Waals surface area contributed by atoms with Gasteiger partial charge in [0.2, 0.25) is 5.95 Å². The molecule has 0 spiro atoms. The lowest BCUT2D eigenvalue weighted by atomic mass is 9.86. The molecular weight excluding hydrogens is 336 g/mol. The maximum atomic E-state index is 4.63. The van der Waals surface area contributed by atoms with Crippen LogP contribution in [0.3, 0.4) is 0 Å². The van der Waals surface area contributed by atoms with Gasteiger partial charge < -0.3 is 10.2 Å². The van der Waals surface area contributed by atoms with E-state index in [4.69, 9.17) is 0 Å². The SMILES string of the molecule is CN(CCc1ccncc1)c1cnnc(Nc2ccccc2C(C)(C)C)n1. The molecule has 0 fully saturated rings. The molecule has 0 amide bonds. The van der Waals surface area contributed by atoms with Gasteiger partial charge in [-0.2, -0.15) is 10.1 Å². The molecule has 140 valence electrons. The molecule has 3 rings (SSSR count). The minimum absolute atomic E-state index is 0.0238. The summed E-state index contributed by atoms with van der Waals surface area (Å²) in [5.41, 5.74) is 3.49. The molecule has 0 saturated carbocycles. The topological polar surface area (TPSA) is 66.8 Å². The van der Waals surface area contributed by atoms with Gasteiger partial charge in [-0.05, 0) is 41.2 Å². The van der Waals surface area contributed by atoms with Gasteiger partial charge in [-0.3, -0.25) is 4.98 Å². The normalized spacial score (nSPS) is 11.3. The van der Waals surface area contributed by atoms with Crippen molar-refractivity contribution >= 4 is 17.5 Å². The van der Waals surface area contributed by atoms with Crippen LogP contribution in [0.5, 0.6) is 0 Å². The van der Waals surface area contributed by atoms with E-state index in [1.165, 1.54) is 11.1 Å². The van der Waals surface area contributed by atoms with Crippen molar-refractivity contribution in [3.8, 4) is 0 Å². The first-order valence-corrected chi connectivity index (χ1v) is 9.10. The number of benzene rings is 1. The van der Waals surface area contributed by atoms with Gasteiger partial charge in [0.25, 0.3) is 0 Å². The zero-order valence-corrected chi connectivity index (χ0v) is 16.3. The number of aromatic nitrogens is 4. The highest BCUT2D eigenvalue weighted by Crippen LogP contribution is 2.30. The summed E-state index contributed by atoms with van der Waals surface area (Å²) < 4.78 is 0. The fraction of sp³-hybridized carbons (Fsp3) is 0.333. The molecule has 6 heteroatoms. The van der Waals surface area contributed by atoms with E-state index < -0.39 is 0 Å². The lowest BCUT2D eigenvalue weighted by Gasteiger charge is -2.23. The van der Waals surface area contributed by atoms with E-state index in [2.05, 4.69) is 57.2 Å². The molecule has 2 aromatic heterocycles. The zero-order chi connectivity index (χ0) is 19.3. The van der Waals surface area contributed by atoms with Crippen molar-refractivity contribution in [1.29, 1.82) is 0 Å². The second kappa shape index (κ2) is 8.12. The van der Waals surface area contributed by atoms with Gasteiger partial charge in [-0.25, -0.2) is 0 Å². The predicted molar refractivity (Wildman–Crippen MR) is 109 cm³/mol. The summed E-state index contributed by atoms with van der Waals surface area (Å²) in [5.74, 6) is 1.29. The molecule has 3 aromatic rings. The maximum absolute atomic E-state index is 4.63. The second-order valence-electron chi connectivity index (χ2n) is 7.59. The number of nitrogens with one attached hydrogen (secondary N) is 1. The fourth-order valence-electron chi connectivity index (χ4n) is 2.86. The van der Waals surface area contributed by atoms with Crippen molar-refractivity contribution in [1.82, 2.24) is 20.2 Å². The van der Waals surface area contributed by atoms with E-state index in [0.29, 0.717) is 5.95 Å². The first kappa shape index (κ1) is 18.8. The van der Waals surface area contributed by atoms with Crippen molar-refractivity contribution in [2.24, 2.45) is 0 Å². The number of likely N-dealkylation sites (N-methyl/N-ethyl adjacent to an activating group) is 1. The first-order chi connectivity index (χ1) is 12.9. The lowest BCUT2D eigenvalue weighted by Crippen LogP contribution is -2.22. The molecule has 0 aliphatic carbocycles. The summed E-state index contributed by atoms with van der Waals surface area (Å²) in [4.78, 5) is 10.8. The van der Waals surface area contributed by atoms with E-state index in [1.54, 1.807) is 6.20 Å². The summed E-state index contributed by atoms with van der Waals surface area (Å²) in [6.07, 6.45) is 6.23. The Morgan fingerprint density at radius 3 is 2.52 bits per heavy atom. The van der Waals surface area contributed by atoms with Gasteiger partial charge in [-0.1, -0.05) is 39.0 Å². The highest BCUT2D eigenvalue weighted by Gasteiger charge is 2.18. The molecule has 2 heterocycles. The Bertz CT molecular complexity index is 873. The monoisotopic (exact) mass is 362 g/mol. The van der Waals surface area contributed by atoms with Crippen molar-refractivity contribution in [3.05, 3.63) is 66.1 Å². The molecule has 0 atom stereocenters. The third-order valence-electron chi connectivity index (χ3n) is 4.40. The Kier molecular flexibility index (Phi) is 5.64. The molecule has 0 aliphatic rings. The minimum Gasteiger partial charge on any atom is -0.358 e. The van der Waals surface area contributed by atoms with Crippen LogP contribution in [0, 0.1) is 0 Å². The molecule has 0 saturated heterocycles. The molecule has 27 heavy (non-hydrogen) atoms. The average molecular weight is 362 g/mol. The minimum atomic E-state index is 0.0238. The van der Waals surface area contributed by atoms with Gasteiger partial charge in [0, 0.05) is 31.7 Å². The number of hydrogen-bond donors (Lipinski definition) is 1. The highest BCUT2D eigenvalue weighted by molar-refractivity contribution is 5.61. The third kappa shape index (κ3) is 5.00. The van der Waals surface area contributed by atoms with Crippen LogP contribution >= 0.6 is 0 Å². The van der Waals surface area contributed by atoms with Crippen LogP contribution in [-0.2, 0) is 11.8 Å². The Balaban J connectivity index is 1.72. The summed E-state index contributed by atoms with van der Waals surface area (Å²) in [6.45, 7) is 7.41. The van der Waals surface area contributed by atoms with E-state index in [0.717, 1.165) is 24.5 Å². The van der Waals surface area contributed by atoms with Gasteiger partial charge in [0.15, 0.2) is 5.82 Å². The molecule has 0 bridgehead atoms. The molecule has 1 N–H and O–H groups in total. The fourth-order valence-corrected chi connectivity index (χ4v) is 2.86. The van der Waals surface area contributed by atoms with E-state index >= 15 is 0 Å². The van der Waals surface area contributed by atoms with Crippen LogP contribution in [0.4, 0.5) is 17.5 Å². The van der Waals surface area contributed by atoms with Crippen LogP contribution in [0.2, 0.25) is 0 Å². The van der Waals surface area contributed by atoms with E-state index in [1.807, 2.05) is 49.8 Å². The van der Waals surface area contributed by atoms with Crippen molar-refractivity contribution in [3.63, 3.8) is 0 Å². The van der Waals surface area contributed by atoms with Crippen LogP contribution in [-0.4, -0.2) is 33.8 Å². The number of hydrogen-bond acceptors (Lipinski definition) is 6. The Hall–Kier alpha value is -3.02. The second-order valence-corrected chi connectivity index (χ2v) is 7.59. The van der Waals surface area contributed by atoms with Gasteiger partial charge in [-0.15, -0.1) is 5.10 Å². The summed E-state index contributed by atoms with van der Waals surface area (Å²) in [5, 5.41) is 11.6. The summed E-state index contributed by atoms with van der Waals surface area (Å²) in [7, 11) is 2.01. The van der Waals surface area contributed by atoms with Crippen LogP contribution in [0.1, 0.15) is 31.9 Å². The van der Waals surface area contributed by atoms with Crippen LogP contribution in [0.25, 0.3) is 0 Å². The number of rotatable bonds is 6. The van der Waals surface area contributed by atoms with Crippen molar-refractivity contribution in [2.75, 3.05) is 23.8 Å². The molecule has 6 nitrogen and oxygen atoms in total. The first-order valence-electron chi connectivity index (χ1n) is 9.10. The van der Waals surface area contributed by atoms with Crippen LogP contribution in [0.15, 0.2) is 55.0 Å². The third-order valence-corrected chi connectivity index (χ3v) is 4.40. The van der Waals surface area contributed by atoms with Crippen LogP contribution < -0.4 is 10.2 Å². The molecule has 0 radical (unpaired) electrons. The number of para-hydroxylation sites is 1. The largest absolute Gasteiger partial charge is 0.358 e. The maximum Gasteiger partial charge on any atom is 0.249 e. The standard InChI is InChI=1S/C21H26N6/c1-21(2,3)17-7-5-6-8-18(17)24-20-25-19(15-23-26-20)27(4)14-11-16-9-12-22-13-10-16/h5-10,12-13,15H,11,14H2,1-4H3,(H,24,25,26). The van der Waals surface area contributed by atoms with E-state index in [9.17, 15) is 0 Å². The Labute approximate surface area is 160 Å². The highest BCUT2D eigenvalue weighted by atomic mass is 15.3. The molecule has 1 aromatic carbocycles. The lowest BCUT2D eigenvalue weighted by molar-refractivity contribution is 0.592. The summed E-state index contributed by atoms with van der Waals surface area (Å²) >= 11 is 0. The van der Waals surface area contributed by atoms with Crippen molar-refractivity contribution in [2.45, 2.75) is 32.6 Å². The van der Waals surface area contributed by atoms with Gasteiger partial charge in [0.1, 0.15) is 0 Å². The molecule has 0 unspecified atom stereocenters. The molecule has 0 aliphatic heterocycles. The van der Waals surface area contributed by atoms with E-state index in [-0.39, 0.29) is 5.41 Å². The smallest absolute Gasteiger partial charge is 0.249 e. The molecular formula is C21H26N6. The zero-order valence-electron chi connectivity index (χ0n) is 16.3. The van der Waals surface area contributed by atoms with Gasteiger partial charge in [0.05, 0.1) is 6.20 Å². The quantitative estimate of drug-likeness (QED) is 0.715. The predicted octanol–water partition coefficient (Wildman–Crippen LogP) is 3.99. The Morgan fingerprint density at radius 2 is 1.78 bits per heavy atom. The van der Waals surface area contributed by atoms with Gasteiger partial charge >= 0.3 is 0 Å². The Morgan fingerprint density at radius 1 is 1.04 bits per heavy atom. The summed E-state index contributed by atoms with van der Waals surface area (Å²) in [6, 6.07) is 12.3. The number of pyridine rings is 1. The van der Waals surface area contributed by atoms with Crippen molar-refractivity contribution < 1.29 is 0 Å². The average Bonchev–Trinajstić information content (AvgIpc) is 2.67. The number of anilines is 3. The number of nitrogens with zero attached hydrogens (tertiary/aromatic N) is 5.